The van der Waals surface area contributed by atoms with Crippen molar-refractivity contribution >= 4 is 28.4 Å². The molecule has 1 amide bonds. The first-order chi connectivity index (χ1) is 16.0. The molecule has 0 spiro atoms. The number of amides is 1. The number of aromatic nitrogens is 1. The van der Waals surface area contributed by atoms with Crippen LogP contribution in [0.1, 0.15) is 24.0 Å². The molecular formula is C26H28N4O3. The molecule has 3 heterocycles. The molecule has 1 saturated heterocycles. The average Bonchev–Trinajstić information content (AvgIpc) is 3.35. The van der Waals surface area contributed by atoms with Gasteiger partial charge in [0.15, 0.2) is 5.60 Å². The number of para-hydroxylation sites is 1. The smallest absolute Gasteiger partial charge is 0.256 e. The highest BCUT2D eigenvalue weighted by Crippen LogP contribution is 2.50. The van der Waals surface area contributed by atoms with Gasteiger partial charge in [0.1, 0.15) is 6.42 Å². The van der Waals surface area contributed by atoms with Crippen molar-refractivity contribution in [3.63, 3.8) is 0 Å². The lowest BCUT2D eigenvalue weighted by molar-refractivity contribution is -0.117. The van der Waals surface area contributed by atoms with Crippen molar-refractivity contribution in [1.29, 1.82) is 0 Å². The topological polar surface area (TPSA) is 70.3 Å². The van der Waals surface area contributed by atoms with Crippen LogP contribution in [0.25, 0.3) is 10.9 Å². The zero-order valence-electron chi connectivity index (χ0n) is 18.9. The Balaban J connectivity index is 1.48. The first-order valence-electron chi connectivity index (χ1n) is 11.5. The summed E-state index contributed by atoms with van der Waals surface area (Å²) < 4.78 is 9.03. The first-order valence-corrected chi connectivity index (χ1v) is 11.5. The predicted octanol–water partition coefficient (Wildman–Crippen LogP) is 3.01. The molecule has 0 bridgehead atoms. The summed E-state index contributed by atoms with van der Waals surface area (Å²) >= 11 is 0. The first kappa shape index (κ1) is 20.4. The number of likely N-dealkylation sites (N-methyl/N-ethyl adjacent to an activating group) is 1. The maximum Gasteiger partial charge on any atom is 0.256 e. The number of fused-ring (bicyclic) bond motifs is 2. The number of nitrogens with zero attached hydrogens (tertiary/aromatic N) is 4. The zero-order valence-corrected chi connectivity index (χ0v) is 18.9. The van der Waals surface area contributed by atoms with Gasteiger partial charge in [-0.3, -0.25) is 9.69 Å². The highest BCUT2D eigenvalue weighted by molar-refractivity contribution is 6.10. The molecule has 170 valence electrons. The van der Waals surface area contributed by atoms with E-state index < -0.39 is 5.60 Å². The summed E-state index contributed by atoms with van der Waals surface area (Å²) in [7, 11) is 4.19. The summed E-state index contributed by atoms with van der Waals surface area (Å²) in [6, 6.07) is 15.9. The zero-order chi connectivity index (χ0) is 22.7. The number of benzene rings is 2. The summed E-state index contributed by atoms with van der Waals surface area (Å²) in [5.74, 6) is 0.424. The number of rotatable bonds is 3. The molecule has 33 heavy (non-hydrogen) atoms. The molecule has 0 radical (unpaired) electrons. The second kappa shape index (κ2) is 7.43. The summed E-state index contributed by atoms with van der Waals surface area (Å²) in [5.41, 5.74) is 3.68. The van der Waals surface area contributed by atoms with E-state index in [1.54, 1.807) is 0 Å². The lowest BCUT2D eigenvalue weighted by atomic mass is 9.68. The minimum atomic E-state index is -0.680. The van der Waals surface area contributed by atoms with Crippen LogP contribution in [-0.4, -0.2) is 52.6 Å². The fraction of sp³-hybridized carbons (Fsp3) is 0.385. The fourth-order valence-corrected chi connectivity index (χ4v) is 6.12. The average molecular weight is 445 g/mol. The number of aryl methyl sites for hydroxylation is 1. The van der Waals surface area contributed by atoms with Gasteiger partial charge in [-0.25, -0.2) is 0 Å². The quantitative estimate of drug-likeness (QED) is 0.674. The van der Waals surface area contributed by atoms with Crippen molar-refractivity contribution in [2.75, 3.05) is 25.2 Å². The molecule has 7 heteroatoms. The number of hydrazone groups is 1. The number of hydrogen-bond donors (Lipinski definition) is 1. The summed E-state index contributed by atoms with van der Waals surface area (Å²) in [6.45, 7) is 0.910. The van der Waals surface area contributed by atoms with Crippen LogP contribution in [-0.2, 0) is 28.6 Å². The van der Waals surface area contributed by atoms with Gasteiger partial charge in [-0.1, -0.05) is 30.3 Å². The fourth-order valence-electron chi connectivity index (χ4n) is 6.12. The molecule has 3 aromatic rings. The molecule has 3 atom stereocenters. The number of ether oxygens (including phenoxy) is 1. The third-order valence-corrected chi connectivity index (χ3v) is 7.48. The van der Waals surface area contributed by atoms with E-state index in [0.717, 1.165) is 24.2 Å². The van der Waals surface area contributed by atoms with Crippen molar-refractivity contribution in [3.05, 3.63) is 65.9 Å². The van der Waals surface area contributed by atoms with Gasteiger partial charge in [-0.05, 0) is 49.6 Å². The Hall–Kier alpha value is -3.16. The Labute approximate surface area is 192 Å². The van der Waals surface area contributed by atoms with E-state index in [4.69, 9.17) is 4.74 Å². The van der Waals surface area contributed by atoms with E-state index in [-0.39, 0.29) is 30.9 Å². The Morgan fingerprint density at radius 3 is 2.76 bits per heavy atom. The minimum absolute atomic E-state index is 0.0784. The molecule has 2 aromatic carbocycles. The van der Waals surface area contributed by atoms with E-state index >= 15 is 0 Å². The van der Waals surface area contributed by atoms with Crippen molar-refractivity contribution in [3.8, 4) is 0 Å². The highest BCUT2D eigenvalue weighted by atomic mass is 16.5. The molecule has 1 fully saturated rings. The summed E-state index contributed by atoms with van der Waals surface area (Å²) in [6.07, 6.45) is 3.89. The van der Waals surface area contributed by atoms with Crippen molar-refractivity contribution in [1.82, 2.24) is 9.47 Å². The van der Waals surface area contributed by atoms with E-state index in [2.05, 4.69) is 53.1 Å². The van der Waals surface area contributed by atoms with Gasteiger partial charge >= 0.3 is 0 Å². The van der Waals surface area contributed by atoms with Gasteiger partial charge in [-0.2, -0.15) is 5.01 Å². The molecule has 1 N–H and O–H groups in total. The Morgan fingerprint density at radius 1 is 1.15 bits per heavy atom. The standard InChI is InChI=1S/C26H28N4O3/c1-28-15-18-11-22-26(13-17(16-31)14-29(22)2,20-9-6-10-21(28)25(18)20)33-23-12-24(32)30(27-23)19-7-4-3-5-8-19/h3-10,15,17,22,31H,11-14,16H2,1-2H3/t17-,22-,26+/m1/s1. The van der Waals surface area contributed by atoms with Crippen LogP contribution in [0.5, 0.6) is 0 Å². The van der Waals surface area contributed by atoms with Crippen LogP contribution in [0, 0.1) is 5.92 Å². The van der Waals surface area contributed by atoms with Crippen molar-refractivity contribution < 1.29 is 14.6 Å². The minimum Gasteiger partial charge on any atom is -0.466 e. The van der Waals surface area contributed by atoms with Crippen LogP contribution in [0.3, 0.4) is 0 Å². The van der Waals surface area contributed by atoms with Crippen molar-refractivity contribution in [2.45, 2.75) is 30.9 Å². The Bertz CT molecular complexity index is 1270. The monoisotopic (exact) mass is 444 g/mol. The van der Waals surface area contributed by atoms with Crippen LogP contribution in [0.2, 0.25) is 0 Å². The molecule has 6 rings (SSSR count). The maximum atomic E-state index is 12.8. The lowest BCUT2D eigenvalue weighted by Gasteiger charge is -2.53. The number of aliphatic hydroxyl groups is 1. The summed E-state index contributed by atoms with van der Waals surface area (Å²) in [5, 5.41) is 17.4. The van der Waals surface area contributed by atoms with E-state index in [1.807, 2.05) is 30.3 Å². The molecule has 1 aliphatic carbocycles. The van der Waals surface area contributed by atoms with E-state index in [1.165, 1.54) is 21.5 Å². The lowest BCUT2D eigenvalue weighted by Crippen LogP contribution is -2.60. The number of aliphatic hydroxyl groups excluding tert-OH is 1. The number of carbonyl (C=O) groups is 1. The number of carbonyl (C=O) groups excluding carboxylic acids is 1. The molecule has 2 aliphatic heterocycles. The van der Waals surface area contributed by atoms with E-state index in [9.17, 15) is 9.90 Å². The second-order valence-electron chi connectivity index (χ2n) is 9.58. The van der Waals surface area contributed by atoms with Crippen molar-refractivity contribution in [2.24, 2.45) is 18.1 Å². The third kappa shape index (κ3) is 3.03. The van der Waals surface area contributed by atoms with Gasteiger partial charge in [0.2, 0.25) is 5.90 Å². The highest BCUT2D eigenvalue weighted by Gasteiger charge is 2.54. The summed E-state index contributed by atoms with van der Waals surface area (Å²) in [4.78, 5) is 15.2. The number of likely N-dealkylation sites (tertiary alicyclic amines) is 1. The van der Waals surface area contributed by atoms with Crippen LogP contribution >= 0.6 is 0 Å². The molecule has 0 saturated carbocycles. The molecule has 3 aliphatic rings. The number of hydrogen-bond acceptors (Lipinski definition) is 5. The van der Waals surface area contributed by atoms with Gasteiger partial charge in [0, 0.05) is 42.9 Å². The Kier molecular flexibility index (Phi) is 4.61. The maximum absolute atomic E-state index is 12.8. The Morgan fingerprint density at radius 2 is 1.97 bits per heavy atom. The predicted molar refractivity (Wildman–Crippen MR) is 127 cm³/mol. The van der Waals surface area contributed by atoms with Gasteiger partial charge in [-0.15, -0.1) is 5.10 Å². The van der Waals surface area contributed by atoms with Crippen LogP contribution in [0.4, 0.5) is 5.69 Å². The molecule has 1 aromatic heterocycles. The molecular weight excluding hydrogens is 416 g/mol. The molecule has 7 nitrogen and oxygen atoms in total. The molecule has 0 unspecified atom stereocenters. The number of anilines is 1. The normalized spacial score (nSPS) is 27.1. The third-order valence-electron chi connectivity index (χ3n) is 7.48. The van der Waals surface area contributed by atoms with Gasteiger partial charge in [0.05, 0.1) is 11.7 Å². The van der Waals surface area contributed by atoms with Crippen LogP contribution in [0.15, 0.2) is 59.8 Å². The van der Waals surface area contributed by atoms with Gasteiger partial charge in [0.25, 0.3) is 5.91 Å². The SMILES string of the molecule is CN1C[C@H](CO)C[C@]2(OC3=NN(c4ccccc4)C(=O)C3)c3cccc4c3c(cn4C)C[C@@H]12. The van der Waals surface area contributed by atoms with Gasteiger partial charge < -0.3 is 14.4 Å². The van der Waals surface area contributed by atoms with Crippen LogP contribution < -0.4 is 5.01 Å². The second-order valence-corrected chi connectivity index (χ2v) is 9.58. The largest absolute Gasteiger partial charge is 0.466 e. The number of piperidine rings is 1. The van der Waals surface area contributed by atoms with E-state index in [0.29, 0.717) is 12.3 Å².